The minimum atomic E-state index is -0.432. The number of carbonyl (C=O) groups is 2. The molecule has 0 aromatic carbocycles. The van der Waals surface area contributed by atoms with Gasteiger partial charge >= 0.3 is 6.09 Å². The second kappa shape index (κ2) is 7.51. The number of hydrogen-bond acceptors (Lipinski definition) is 4. The van der Waals surface area contributed by atoms with Gasteiger partial charge < -0.3 is 19.9 Å². The third kappa shape index (κ3) is 5.68. The van der Waals surface area contributed by atoms with Crippen molar-refractivity contribution in [3.63, 3.8) is 0 Å². The Kier molecular flexibility index (Phi) is 5.89. The number of piperidine rings is 1. The van der Waals surface area contributed by atoms with Gasteiger partial charge in [-0.05, 0) is 52.5 Å². The van der Waals surface area contributed by atoms with E-state index in [0.29, 0.717) is 12.0 Å². The first-order valence-corrected chi connectivity index (χ1v) is 8.71. The molecule has 23 heavy (non-hydrogen) atoms. The molecule has 2 fully saturated rings. The van der Waals surface area contributed by atoms with Gasteiger partial charge in [0, 0.05) is 39.1 Å². The lowest BCUT2D eigenvalue weighted by atomic mass is 10.0. The summed E-state index contributed by atoms with van der Waals surface area (Å²) in [4.78, 5) is 27.1. The van der Waals surface area contributed by atoms with Crippen molar-refractivity contribution in [3.05, 3.63) is 0 Å². The number of likely N-dealkylation sites (tertiary alicyclic amines) is 2. The first-order chi connectivity index (χ1) is 10.7. The van der Waals surface area contributed by atoms with Crippen LogP contribution in [0.4, 0.5) is 4.79 Å². The summed E-state index contributed by atoms with van der Waals surface area (Å²) < 4.78 is 5.43. The third-order valence-corrected chi connectivity index (χ3v) is 4.57. The van der Waals surface area contributed by atoms with Crippen LogP contribution in [0.1, 0.15) is 47.0 Å². The fourth-order valence-corrected chi connectivity index (χ4v) is 3.22. The van der Waals surface area contributed by atoms with Crippen molar-refractivity contribution in [2.75, 3.05) is 32.7 Å². The van der Waals surface area contributed by atoms with E-state index in [4.69, 9.17) is 4.74 Å². The van der Waals surface area contributed by atoms with Crippen molar-refractivity contribution in [1.82, 2.24) is 15.1 Å². The average Bonchev–Trinajstić information content (AvgIpc) is 2.93. The number of hydrogen-bond donors (Lipinski definition) is 1. The highest BCUT2D eigenvalue weighted by Gasteiger charge is 2.30. The molecule has 0 aliphatic carbocycles. The Morgan fingerprint density at radius 1 is 1.09 bits per heavy atom. The summed E-state index contributed by atoms with van der Waals surface area (Å²) in [5.41, 5.74) is -0.432. The molecule has 1 N–H and O–H groups in total. The normalized spacial score (nSPS) is 23.2. The van der Waals surface area contributed by atoms with E-state index in [1.807, 2.05) is 30.6 Å². The molecule has 0 bridgehead atoms. The van der Waals surface area contributed by atoms with Crippen LogP contribution in [-0.4, -0.2) is 66.2 Å². The number of carbonyl (C=O) groups excluding carboxylic acids is 2. The zero-order valence-electron chi connectivity index (χ0n) is 14.9. The fraction of sp³-hybridized carbons (Fsp3) is 0.882. The summed E-state index contributed by atoms with van der Waals surface area (Å²) in [7, 11) is 0. The maximum Gasteiger partial charge on any atom is 0.410 e. The van der Waals surface area contributed by atoms with E-state index in [0.717, 1.165) is 52.0 Å². The van der Waals surface area contributed by atoms with Crippen LogP contribution in [0.15, 0.2) is 0 Å². The lowest BCUT2D eigenvalue weighted by molar-refractivity contribution is -0.129. The molecule has 1 atom stereocenters. The Labute approximate surface area is 139 Å². The summed E-state index contributed by atoms with van der Waals surface area (Å²) in [6.45, 7) is 11.5. The lowest BCUT2D eigenvalue weighted by Crippen LogP contribution is -2.45. The second-order valence-corrected chi connectivity index (χ2v) is 7.77. The molecule has 0 aromatic heterocycles. The van der Waals surface area contributed by atoms with Gasteiger partial charge in [-0.1, -0.05) is 0 Å². The number of nitrogens with one attached hydrogen (secondary N) is 1. The molecule has 132 valence electrons. The molecular formula is C17H31N3O3. The lowest BCUT2D eigenvalue weighted by Gasteiger charge is -2.32. The highest BCUT2D eigenvalue weighted by Crippen LogP contribution is 2.20. The van der Waals surface area contributed by atoms with E-state index >= 15 is 0 Å². The topological polar surface area (TPSA) is 61.9 Å². The Bertz CT molecular complexity index is 425. The molecule has 6 nitrogen and oxygen atoms in total. The van der Waals surface area contributed by atoms with Crippen LogP contribution in [0.25, 0.3) is 0 Å². The van der Waals surface area contributed by atoms with E-state index < -0.39 is 5.60 Å². The van der Waals surface area contributed by atoms with Crippen molar-refractivity contribution in [2.24, 2.45) is 5.92 Å². The molecule has 2 amide bonds. The average molecular weight is 325 g/mol. The molecule has 0 spiro atoms. The van der Waals surface area contributed by atoms with Crippen LogP contribution in [-0.2, 0) is 9.53 Å². The summed E-state index contributed by atoms with van der Waals surface area (Å²) in [5.74, 6) is 0.667. The van der Waals surface area contributed by atoms with Crippen LogP contribution < -0.4 is 5.32 Å². The quantitative estimate of drug-likeness (QED) is 0.860. The molecule has 0 aromatic rings. The van der Waals surface area contributed by atoms with E-state index in [1.165, 1.54) is 0 Å². The fourth-order valence-electron chi connectivity index (χ4n) is 3.22. The predicted molar refractivity (Wildman–Crippen MR) is 89.2 cm³/mol. The van der Waals surface area contributed by atoms with Crippen LogP contribution in [0, 0.1) is 5.92 Å². The molecule has 6 heteroatoms. The number of rotatable bonds is 3. The molecule has 0 saturated carbocycles. The third-order valence-electron chi connectivity index (χ3n) is 4.57. The zero-order chi connectivity index (χ0) is 17.0. The van der Waals surface area contributed by atoms with Gasteiger partial charge in [-0.2, -0.15) is 0 Å². The van der Waals surface area contributed by atoms with E-state index in [1.54, 1.807) is 6.92 Å². The highest BCUT2D eigenvalue weighted by molar-refractivity contribution is 5.73. The predicted octanol–water partition coefficient (Wildman–Crippen LogP) is 1.84. The zero-order valence-corrected chi connectivity index (χ0v) is 14.9. The molecule has 2 saturated heterocycles. The molecule has 2 heterocycles. The van der Waals surface area contributed by atoms with Crippen molar-refractivity contribution >= 4 is 12.0 Å². The van der Waals surface area contributed by atoms with Crippen molar-refractivity contribution in [3.8, 4) is 0 Å². The molecule has 2 aliphatic heterocycles. The Hall–Kier alpha value is -1.30. The van der Waals surface area contributed by atoms with Gasteiger partial charge in [-0.25, -0.2) is 4.79 Å². The van der Waals surface area contributed by atoms with Crippen LogP contribution in [0.2, 0.25) is 0 Å². The number of amides is 2. The maximum atomic E-state index is 12.1. The second-order valence-electron chi connectivity index (χ2n) is 7.77. The van der Waals surface area contributed by atoms with Gasteiger partial charge in [0.1, 0.15) is 5.60 Å². The molecule has 1 unspecified atom stereocenters. The summed E-state index contributed by atoms with van der Waals surface area (Å²) in [6, 6.07) is 0.487. The smallest absolute Gasteiger partial charge is 0.410 e. The van der Waals surface area contributed by atoms with E-state index in [-0.39, 0.29) is 12.0 Å². The van der Waals surface area contributed by atoms with Crippen LogP contribution >= 0.6 is 0 Å². The molecule has 0 radical (unpaired) electrons. The van der Waals surface area contributed by atoms with Gasteiger partial charge in [0.15, 0.2) is 0 Å². The minimum Gasteiger partial charge on any atom is -0.444 e. The van der Waals surface area contributed by atoms with Gasteiger partial charge in [-0.15, -0.1) is 0 Å². The number of nitrogens with zero attached hydrogens (tertiary/aromatic N) is 2. The summed E-state index contributed by atoms with van der Waals surface area (Å²) >= 11 is 0. The van der Waals surface area contributed by atoms with Gasteiger partial charge in [0.25, 0.3) is 0 Å². The first-order valence-electron chi connectivity index (χ1n) is 8.71. The van der Waals surface area contributed by atoms with Gasteiger partial charge in [0.05, 0.1) is 0 Å². The SMILES string of the molecule is CC(=O)N1CCC(NCC2CCN(C(=O)OC(C)(C)C)C2)CC1. The molecule has 2 rings (SSSR count). The minimum absolute atomic E-state index is 0.173. The summed E-state index contributed by atoms with van der Waals surface area (Å²) in [6.07, 6.45) is 2.86. The number of ether oxygens (including phenoxy) is 1. The van der Waals surface area contributed by atoms with Gasteiger partial charge in [-0.3, -0.25) is 4.79 Å². The monoisotopic (exact) mass is 325 g/mol. The van der Waals surface area contributed by atoms with E-state index in [2.05, 4.69) is 5.32 Å². The van der Waals surface area contributed by atoms with Crippen molar-refractivity contribution in [1.29, 1.82) is 0 Å². The highest BCUT2D eigenvalue weighted by atomic mass is 16.6. The van der Waals surface area contributed by atoms with E-state index in [9.17, 15) is 9.59 Å². The van der Waals surface area contributed by atoms with Crippen molar-refractivity contribution in [2.45, 2.75) is 58.6 Å². The van der Waals surface area contributed by atoms with Crippen LogP contribution in [0.3, 0.4) is 0 Å². The Balaban J connectivity index is 1.66. The molecule has 2 aliphatic rings. The first kappa shape index (κ1) is 18.0. The van der Waals surface area contributed by atoms with Crippen molar-refractivity contribution < 1.29 is 14.3 Å². The molecular weight excluding hydrogens is 294 g/mol. The van der Waals surface area contributed by atoms with Gasteiger partial charge in [0.2, 0.25) is 5.91 Å². The maximum absolute atomic E-state index is 12.1. The Morgan fingerprint density at radius 3 is 2.26 bits per heavy atom. The largest absolute Gasteiger partial charge is 0.444 e. The Morgan fingerprint density at radius 2 is 1.70 bits per heavy atom. The summed E-state index contributed by atoms with van der Waals surface area (Å²) in [5, 5.41) is 3.61. The van der Waals surface area contributed by atoms with Crippen LogP contribution in [0.5, 0.6) is 0 Å². The standard InChI is InChI=1S/C17H31N3O3/c1-13(21)19-9-6-15(7-10-19)18-11-14-5-8-20(12-14)16(22)23-17(2,3)4/h14-15,18H,5-12H2,1-4H3.